The van der Waals surface area contributed by atoms with Crippen LogP contribution in [0, 0.1) is 18.3 Å². The fourth-order valence-corrected chi connectivity index (χ4v) is 2.16. The highest BCUT2D eigenvalue weighted by molar-refractivity contribution is 5.72. The number of aryl methyl sites for hydroxylation is 1. The van der Waals surface area contributed by atoms with Crippen LogP contribution in [0.1, 0.15) is 11.1 Å². The van der Waals surface area contributed by atoms with Crippen molar-refractivity contribution in [2.75, 3.05) is 17.3 Å². The third-order valence-electron chi connectivity index (χ3n) is 3.27. The summed E-state index contributed by atoms with van der Waals surface area (Å²) in [6, 6.07) is 5.88. The van der Waals surface area contributed by atoms with Crippen LogP contribution in [-0.2, 0) is 0 Å². The van der Waals surface area contributed by atoms with Gasteiger partial charge in [-0.25, -0.2) is 9.97 Å². The second-order valence-corrected chi connectivity index (χ2v) is 4.73. The lowest BCUT2D eigenvalue weighted by molar-refractivity contribution is 1.04. The van der Waals surface area contributed by atoms with Crippen molar-refractivity contribution in [1.29, 1.82) is 5.26 Å². The van der Waals surface area contributed by atoms with Crippen LogP contribution in [0.5, 0.6) is 0 Å². The molecule has 2 N–H and O–H groups in total. The SMILES string of the molecule is CNc1nc(N(c2cn[nH]c2)c2ncccc2C)ncc1C#N. The molecular weight excluding hydrogens is 292 g/mol. The largest absolute Gasteiger partial charge is 0.372 e. The molecule has 0 spiro atoms. The molecule has 3 rings (SSSR count). The Morgan fingerprint density at radius 3 is 2.83 bits per heavy atom. The van der Waals surface area contributed by atoms with Gasteiger partial charge in [-0.1, -0.05) is 6.07 Å². The Morgan fingerprint density at radius 1 is 1.30 bits per heavy atom. The average Bonchev–Trinajstić information content (AvgIpc) is 3.11. The first kappa shape index (κ1) is 14.5. The lowest BCUT2D eigenvalue weighted by atomic mass is 10.2. The van der Waals surface area contributed by atoms with Gasteiger partial charge in [0.25, 0.3) is 0 Å². The highest BCUT2D eigenvalue weighted by Gasteiger charge is 2.20. The molecule has 3 aromatic heterocycles. The maximum atomic E-state index is 9.11. The smallest absolute Gasteiger partial charge is 0.237 e. The highest BCUT2D eigenvalue weighted by atomic mass is 15.3. The third kappa shape index (κ3) is 2.67. The first-order valence-corrected chi connectivity index (χ1v) is 6.90. The first-order valence-electron chi connectivity index (χ1n) is 6.90. The number of nitriles is 1. The Bertz CT molecular complexity index is 850. The van der Waals surface area contributed by atoms with Crippen LogP contribution in [0.15, 0.2) is 36.9 Å². The van der Waals surface area contributed by atoms with E-state index in [1.54, 1.807) is 30.5 Å². The van der Waals surface area contributed by atoms with Crippen molar-refractivity contribution in [2.45, 2.75) is 6.92 Å². The van der Waals surface area contributed by atoms with Crippen LogP contribution in [-0.4, -0.2) is 32.2 Å². The van der Waals surface area contributed by atoms with E-state index < -0.39 is 0 Å². The summed E-state index contributed by atoms with van der Waals surface area (Å²) in [5, 5.41) is 18.8. The molecule has 0 fully saturated rings. The minimum Gasteiger partial charge on any atom is -0.372 e. The monoisotopic (exact) mass is 306 g/mol. The van der Waals surface area contributed by atoms with Crippen molar-refractivity contribution in [2.24, 2.45) is 0 Å². The quantitative estimate of drug-likeness (QED) is 0.761. The summed E-state index contributed by atoms with van der Waals surface area (Å²) >= 11 is 0. The summed E-state index contributed by atoms with van der Waals surface area (Å²) in [5.41, 5.74) is 2.09. The van der Waals surface area contributed by atoms with E-state index in [2.05, 4.69) is 36.5 Å². The van der Waals surface area contributed by atoms with Crippen molar-refractivity contribution in [3.8, 4) is 6.07 Å². The standard InChI is InChI=1S/C15H14N8/c1-10-4-3-5-18-14(10)23(12-8-20-21-9-12)15-19-7-11(6-16)13(17-2)22-15/h3-5,7-9H,1-2H3,(H,20,21)(H,17,19,22). The van der Waals surface area contributed by atoms with Gasteiger partial charge in [-0.2, -0.15) is 15.3 Å². The van der Waals surface area contributed by atoms with E-state index in [1.807, 2.05) is 19.1 Å². The predicted octanol–water partition coefficient (Wildman–Crippen LogP) is 2.29. The molecule has 0 amide bonds. The van der Waals surface area contributed by atoms with Crippen LogP contribution >= 0.6 is 0 Å². The van der Waals surface area contributed by atoms with E-state index in [0.717, 1.165) is 11.3 Å². The molecule has 0 bridgehead atoms. The van der Waals surface area contributed by atoms with Gasteiger partial charge in [-0.05, 0) is 18.6 Å². The van der Waals surface area contributed by atoms with Crippen LogP contribution in [0.25, 0.3) is 0 Å². The lowest BCUT2D eigenvalue weighted by Gasteiger charge is -2.22. The zero-order valence-electron chi connectivity index (χ0n) is 12.6. The zero-order chi connectivity index (χ0) is 16.2. The molecule has 114 valence electrons. The third-order valence-corrected chi connectivity index (χ3v) is 3.27. The molecule has 0 aliphatic rings. The number of anilines is 4. The van der Waals surface area contributed by atoms with Crippen molar-refractivity contribution >= 4 is 23.3 Å². The molecular formula is C15H14N8. The van der Waals surface area contributed by atoms with Gasteiger partial charge in [0.1, 0.15) is 23.3 Å². The minimum atomic E-state index is 0.376. The van der Waals surface area contributed by atoms with E-state index in [0.29, 0.717) is 23.1 Å². The molecule has 0 radical (unpaired) electrons. The van der Waals surface area contributed by atoms with Gasteiger partial charge in [0, 0.05) is 19.4 Å². The lowest BCUT2D eigenvalue weighted by Crippen LogP contribution is -2.16. The van der Waals surface area contributed by atoms with Crippen molar-refractivity contribution < 1.29 is 0 Å². The summed E-state index contributed by atoms with van der Waals surface area (Å²) < 4.78 is 0. The Kier molecular flexibility index (Phi) is 3.84. The van der Waals surface area contributed by atoms with Gasteiger partial charge in [0.05, 0.1) is 18.1 Å². The molecule has 0 aromatic carbocycles. The van der Waals surface area contributed by atoms with E-state index >= 15 is 0 Å². The zero-order valence-corrected chi connectivity index (χ0v) is 12.6. The number of H-pyrrole nitrogens is 1. The summed E-state index contributed by atoms with van der Waals surface area (Å²) in [6.45, 7) is 1.96. The number of nitrogens with zero attached hydrogens (tertiary/aromatic N) is 6. The Hall–Kier alpha value is -3.47. The van der Waals surface area contributed by atoms with Gasteiger partial charge in [-0.15, -0.1) is 0 Å². The molecule has 8 nitrogen and oxygen atoms in total. The number of pyridine rings is 1. The molecule has 0 unspecified atom stereocenters. The Balaban J connectivity index is 2.18. The molecule has 23 heavy (non-hydrogen) atoms. The molecule has 3 heterocycles. The number of nitrogens with one attached hydrogen (secondary N) is 2. The number of rotatable bonds is 4. The maximum Gasteiger partial charge on any atom is 0.237 e. The Morgan fingerprint density at radius 2 is 2.17 bits per heavy atom. The molecule has 0 atom stereocenters. The number of aromatic amines is 1. The number of hydrogen-bond acceptors (Lipinski definition) is 7. The summed E-state index contributed by atoms with van der Waals surface area (Å²) in [6.07, 6.45) is 6.58. The van der Waals surface area contributed by atoms with Gasteiger partial charge in [0.2, 0.25) is 5.95 Å². The minimum absolute atomic E-state index is 0.376. The fourth-order valence-electron chi connectivity index (χ4n) is 2.16. The van der Waals surface area contributed by atoms with Gasteiger partial charge < -0.3 is 5.32 Å². The van der Waals surface area contributed by atoms with Crippen molar-refractivity contribution in [1.82, 2.24) is 25.1 Å². The van der Waals surface area contributed by atoms with Gasteiger partial charge in [-0.3, -0.25) is 10.00 Å². The molecule has 8 heteroatoms. The highest BCUT2D eigenvalue weighted by Crippen LogP contribution is 2.32. The van der Waals surface area contributed by atoms with Crippen LogP contribution < -0.4 is 10.2 Å². The van der Waals surface area contributed by atoms with E-state index in [-0.39, 0.29) is 0 Å². The summed E-state index contributed by atoms with van der Waals surface area (Å²) in [4.78, 5) is 14.9. The summed E-state index contributed by atoms with van der Waals surface area (Å²) in [5.74, 6) is 1.55. The molecule has 0 saturated heterocycles. The van der Waals surface area contributed by atoms with Crippen LogP contribution in [0.4, 0.5) is 23.3 Å². The molecule has 3 aromatic rings. The molecule has 0 aliphatic heterocycles. The second kappa shape index (κ2) is 6.11. The topological polar surface area (TPSA) is 106 Å². The molecule has 0 aliphatic carbocycles. The van der Waals surface area contributed by atoms with E-state index in [9.17, 15) is 0 Å². The van der Waals surface area contributed by atoms with Crippen molar-refractivity contribution in [3.63, 3.8) is 0 Å². The summed E-state index contributed by atoms with van der Waals surface area (Å²) in [7, 11) is 1.71. The Labute approximate surface area is 132 Å². The number of hydrogen-bond donors (Lipinski definition) is 2. The normalized spacial score (nSPS) is 10.1. The van der Waals surface area contributed by atoms with Crippen molar-refractivity contribution in [3.05, 3.63) is 48.0 Å². The van der Waals surface area contributed by atoms with E-state index in [1.165, 1.54) is 6.20 Å². The van der Waals surface area contributed by atoms with Crippen LogP contribution in [0.3, 0.4) is 0 Å². The average molecular weight is 306 g/mol. The second-order valence-electron chi connectivity index (χ2n) is 4.73. The molecule has 0 saturated carbocycles. The van der Waals surface area contributed by atoms with Gasteiger partial charge in [0.15, 0.2) is 0 Å². The maximum absolute atomic E-state index is 9.11. The fraction of sp³-hybridized carbons (Fsp3) is 0.133. The predicted molar refractivity (Wildman–Crippen MR) is 85.7 cm³/mol. The van der Waals surface area contributed by atoms with Crippen LogP contribution in [0.2, 0.25) is 0 Å². The first-order chi connectivity index (χ1) is 11.2. The van der Waals surface area contributed by atoms with E-state index in [4.69, 9.17) is 5.26 Å². The number of aromatic nitrogens is 5. The van der Waals surface area contributed by atoms with Gasteiger partial charge >= 0.3 is 0 Å².